The van der Waals surface area contributed by atoms with E-state index >= 15 is 0 Å². The molecule has 8 nitrogen and oxygen atoms in total. The van der Waals surface area contributed by atoms with E-state index in [4.69, 9.17) is 19.3 Å². The second-order valence-electron chi connectivity index (χ2n) is 2.47. The van der Waals surface area contributed by atoms with Crippen LogP contribution < -0.4 is 0 Å². The molecule has 0 aromatic rings. The van der Waals surface area contributed by atoms with Gasteiger partial charge in [-0.1, -0.05) is 0 Å². The van der Waals surface area contributed by atoms with Crippen LogP contribution in [0.25, 0.3) is 0 Å². The van der Waals surface area contributed by atoms with Gasteiger partial charge in [0.05, 0.1) is 0 Å². The molecule has 15 heavy (non-hydrogen) atoms. The second kappa shape index (κ2) is 6.47. The average molecular weight is 274 g/mol. The summed E-state index contributed by atoms with van der Waals surface area (Å²) in [6.07, 6.45) is -0.709. The van der Waals surface area contributed by atoms with Crippen LogP contribution in [0.3, 0.4) is 0 Å². The summed E-state index contributed by atoms with van der Waals surface area (Å²) >= 11 is 0. The number of rotatable bonds is 5. The Morgan fingerprint density at radius 1 is 1.00 bits per heavy atom. The van der Waals surface area contributed by atoms with Crippen LogP contribution in [0, 0.1) is 0 Å². The van der Waals surface area contributed by atoms with Crippen molar-refractivity contribution in [1.82, 2.24) is 0 Å². The summed E-state index contributed by atoms with van der Waals surface area (Å²) in [5.41, 5.74) is -2.68. The molecule has 88 valence electrons. The summed E-state index contributed by atoms with van der Waals surface area (Å²) in [6.45, 7) is -0.767. The van der Waals surface area contributed by atoms with Gasteiger partial charge in [0.15, 0.2) is 5.44 Å². The normalized spacial score (nSPS) is 16.5. The van der Waals surface area contributed by atoms with Gasteiger partial charge in [-0.05, 0) is 6.42 Å². The first-order chi connectivity index (χ1) is 6.10. The molecular weight excluding hydrogens is 263 g/mol. The molecule has 0 bridgehead atoms. The summed E-state index contributed by atoms with van der Waals surface area (Å²) < 4.78 is 58.5. The van der Waals surface area contributed by atoms with Crippen molar-refractivity contribution in [1.29, 1.82) is 0 Å². The Labute approximate surface area is 109 Å². The maximum atomic E-state index is 10.5. The van der Waals surface area contributed by atoms with Gasteiger partial charge in [-0.15, -0.1) is 0 Å². The van der Waals surface area contributed by atoms with E-state index in [9.17, 15) is 16.8 Å². The van der Waals surface area contributed by atoms with Crippen molar-refractivity contribution in [2.45, 2.75) is 17.1 Å². The van der Waals surface area contributed by atoms with Crippen molar-refractivity contribution in [3.05, 3.63) is 0 Å². The van der Waals surface area contributed by atoms with Gasteiger partial charge in [0, 0.05) is 6.61 Å². The van der Waals surface area contributed by atoms with E-state index in [-0.39, 0.29) is 29.6 Å². The number of aliphatic hydroxyl groups is 2. The molecule has 0 fully saturated rings. The molecule has 0 rings (SSSR count). The van der Waals surface area contributed by atoms with Gasteiger partial charge >= 0.3 is 29.6 Å². The SMILES string of the molecule is O=S(=O)(O)C(O)C(CCO)S(=O)(=O)O.[NaH]. The first-order valence-corrected chi connectivity index (χ1v) is 6.33. The van der Waals surface area contributed by atoms with Gasteiger partial charge < -0.3 is 10.2 Å². The van der Waals surface area contributed by atoms with Gasteiger partial charge in [0.2, 0.25) is 0 Å². The van der Waals surface area contributed by atoms with Crippen LogP contribution >= 0.6 is 0 Å². The monoisotopic (exact) mass is 274 g/mol. The molecule has 0 saturated heterocycles. The molecule has 0 aliphatic rings. The van der Waals surface area contributed by atoms with Gasteiger partial charge in [0.25, 0.3) is 20.2 Å². The molecular formula is C4H11NaO8S2. The minimum absolute atomic E-state index is 0. The van der Waals surface area contributed by atoms with Crippen molar-refractivity contribution in [2.75, 3.05) is 6.61 Å². The first-order valence-electron chi connectivity index (χ1n) is 3.32. The Morgan fingerprint density at radius 2 is 1.40 bits per heavy atom. The van der Waals surface area contributed by atoms with Gasteiger partial charge in [-0.25, -0.2) is 0 Å². The summed E-state index contributed by atoms with van der Waals surface area (Å²) in [5, 5.41) is 15.0. The van der Waals surface area contributed by atoms with Crippen molar-refractivity contribution in [2.24, 2.45) is 0 Å². The van der Waals surface area contributed by atoms with E-state index in [2.05, 4.69) is 0 Å². The van der Waals surface area contributed by atoms with E-state index in [0.717, 1.165) is 0 Å². The molecule has 0 heterocycles. The van der Waals surface area contributed by atoms with Crippen LogP contribution in [-0.4, -0.2) is 83.0 Å². The molecule has 0 aliphatic heterocycles. The Bertz CT molecular complexity index is 371. The van der Waals surface area contributed by atoms with Crippen molar-refractivity contribution >= 4 is 49.8 Å². The summed E-state index contributed by atoms with van der Waals surface area (Å²) in [5.74, 6) is 0. The minimum atomic E-state index is -5.00. The van der Waals surface area contributed by atoms with Crippen LogP contribution in [-0.2, 0) is 20.2 Å². The van der Waals surface area contributed by atoms with Gasteiger partial charge in [-0.2, -0.15) is 16.8 Å². The van der Waals surface area contributed by atoms with E-state index in [1.165, 1.54) is 0 Å². The Morgan fingerprint density at radius 3 is 1.60 bits per heavy atom. The predicted octanol–water partition coefficient (Wildman–Crippen LogP) is -2.82. The Kier molecular flexibility index (Phi) is 7.81. The van der Waals surface area contributed by atoms with Crippen LogP contribution in [0.5, 0.6) is 0 Å². The molecule has 4 N–H and O–H groups in total. The first kappa shape index (κ1) is 18.1. The molecule has 11 heteroatoms. The molecule has 0 aromatic heterocycles. The molecule has 0 aromatic carbocycles. The third-order valence-corrected chi connectivity index (χ3v) is 3.79. The summed E-state index contributed by atoms with van der Waals surface area (Å²) in [7, 11) is -9.86. The zero-order valence-corrected chi connectivity index (χ0v) is 8.44. The topological polar surface area (TPSA) is 149 Å². The van der Waals surface area contributed by atoms with Crippen molar-refractivity contribution in [3.63, 3.8) is 0 Å². The summed E-state index contributed by atoms with van der Waals surface area (Å²) in [4.78, 5) is 0. The quantitative estimate of drug-likeness (QED) is 0.310. The zero-order valence-electron chi connectivity index (χ0n) is 6.81. The maximum absolute atomic E-state index is 10.5. The van der Waals surface area contributed by atoms with Crippen LogP contribution in [0.15, 0.2) is 0 Å². The Hall–Kier alpha value is 0.740. The van der Waals surface area contributed by atoms with Gasteiger partial charge in [0.1, 0.15) is 5.25 Å². The molecule has 0 spiro atoms. The molecule has 0 amide bonds. The fourth-order valence-electron chi connectivity index (χ4n) is 0.758. The molecule has 0 radical (unpaired) electrons. The van der Waals surface area contributed by atoms with Crippen molar-refractivity contribution < 1.29 is 36.2 Å². The van der Waals surface area contributed by atoms with E-state index in [0.29, 0.717) is 0 Å². The van der Waals surface area contributed by atoms with E-state index in [1.807, 2.05) is 0 Å². The number of hydrogen-bond acceptors (Lipinski definition) is 6. The standard InChI is InChI=1S/C4H10O8S2.Na.H/c5-2-1-3(13(7,8)9)4(6)14(10,11)12;;/h3-6H,1-2H2,(H,7,8,9)(H,10,11,12);;. The zero-order chi connectivity index (χ0) is 11.6. The third kappa shape index (κ3) is 6.14. The second-order valence-corrected chi connectivity index (χ2v) is 5.62. The predicted molar refractivity (Wildman–Crippen MR) is 51.7 cm³/mol. The van der Waals surface area contributed by atoms with E-state index in [1.54, 1.807) is 0 Å². The fraction of sp³-hybridized carbons (Fsp3) is 1.00. The Balaban J connectivity index is 0. The summed E-state index contributed by atoms with van der Waals surface area (Å²) in [6, 6.07) is 0. The number of hydrogen-bond donors (Lipinski definition) is 4. The molecule has 0 saturated carbocycles. The van der Waals surface area contributed by atoms with Crippen molar-refractivity contribution in [3.8, 4) is 0 Å². The third-order valence-electron chi connectivity index (χ3n) is 1.42. The van der Waals surface area contributed by atoms with Crippen LogP contribution in [0.4, 0.5) is 0 Å². The van der Waals surface area contributed by atoms with Crippen LogP contribution in [0.1, 0.15) is 6.42 Å². The molecule has 0 aliphatic carbocycles. The number of aliphatic hydroxyl groups excluding tert-OH is 2. The van der Waals surface area contributed by atoms with Crippen LogP contribution in [0.2, 0.25) is 0 Å². The fourth-order valence-corrected chi connectivity index (χ4v) is 2.82. The molecule has 2 atom stereocenters. The molecule has 2 unspecified atom stereocenters. The average Bonchev–Trinajstić information content (AvgIpc) is 1.94. The van der Waals surface area contributed by atoms with E-state index < -0.39 is 43.9 Å². The van der Waals surface area contributed by atoms with Gasteiger partial charge in [-0.3, -0.25) is 9.11 Å².